The van der Waals surface area contributed by atoms with Crippen molar-refractivity contribution in [3.05, 3.63) is 0 Å². The molecule has 1 aliphatic rings. The molecule has 15 heavy (non-hydrogen) atoms. The van der Waals surface area contributed by atoms with Gasteiger partial charge in [-0.1, -0.05) is 19.8 Å². The highest BCUT2D eigenvalue weighted by Crippen LogP contribution is 2.23. The van der Waals surface area contributed by atoms with Gasteiger partial charge in [0.05, 0.1) is 6.61 Å². The lowest BCUT2D eigenvalue weighted by Crippen LogP contribution is -2.46. The van der Waals surface area contributed by atoms with Crippen molar-refractivity contribution in [2.45, 2.75) is 38.6 Å². The second-order valence-corrected chi connectivity index (χ2v) is 4.67. The Morgan fingerprint density at radius 1 is 1.40 bits per heavy atom. The van der Waals surface area contributed by atoms with E-state index in [1.807, 2.05) is 0 Å². The van der Waals surface area contributed by atoms with Crippen LogP contribution in [-0.4, -0.2) is 31.4 Å². The van der Waals surface area contributed by atoms with Gasteiger partial charge in [0.2, 0.25) is 0 Å². The molecule has 0 heterocycles. The Labute approximate surface area is 98.0 Å². The second kappa shape index (κ2) is 7.01. The minimum absolute atomic E-state index is 0.557. The molecule has 0 aliphatic heterocycles. The van der Waals surface area contributed by atoms with Crippen molar-refractivity contribution in [3.8, 4) is 0 Å². The lowest BCUT2D eigenvalue weighted by atomic mass is 9.86. The Hall–Kier alpha value is -0.350. The Morgan fingerprint density at radius 2 is 2.13 bits per heavy atom. The van der Waals surface area contributed by atoms with Crippen LogP contribution in [0, 0.1) is 5.92 Å². The van der Waals surface area contributed by atoms with E-state index in [1.165, 1.54) is 25.7 Å². The predicted octanol–water partition coefficient (Wildman–Crippen LogP) is 1.68. The zero-order valence-electron chi connectivity index (χ0n) is 9.71. The standard InChI is InChI=1S/C11H22N2OS/c1-9-5-3-4-6-10(9)13-11(15)12-7-8-14-2/h9-10H,3-8H2,1-2H3,(H2,12,13,15)/t9-,10+/m0/s1. The van der Waals surface area contributed by atoms with Crippen LogP contribution in [0.2, 0.25) is 0 Å². The molecular formula is C11H22N2OS. The lowest BCUT2D eigenvalue weighted by Gasteiger charge is -2.30. The Kier molecular flexibility index (Phi) is 5.95. The quantitative estimate of drug-likeness (QED) is 0.569. The first-order valence-electron chi connectivity index (χ1n) is 5.77. The van der Waals surface area contributed by atoms with Gasteiger partial charge in [-0.25, -0.2) is 0 Å². The molecule has 0 radical (unpaired) electrons. The van der Waals surface area contributed by atoms with Crippen LogP contribution in [0.5, 0.6) is 0 Å². The summed E-state index contributed by atoms with van der Waals surface area (Å²) in [4.78, 5) is 0. The molecule has 0 bridgehead atoms. The van der Waals surface area contributed by atoms with E-state index < -0.39 is 0 Å². The fourth-order valence-electron chi connectivity index (χ4n) is 2.02. The van der Waals surface area contributed by atoms with Crippen LogP contribution in [0.25, 0.3) is 0 Å². The highest BCUT2D eigenvalue weighted by Gasteiger charge is 2.21. The zero-order chi connectivity index (χ0) is 11.1. The van der Waals surface area contributed by atoms with Gasteiger partial charge in [0.25, 0.3) is 0 Å². The van der Waals surface area contributed by atoms with Gasteiger partial charge in [0.15, 0.2) is 5.11 Å². The third kappa shape index (κ3) is 4.80. The topological polar surface area (TPSA) is 33.3 Å². The Balaban J connectivity index is 2.18. The Bertz CT molecular complexity index is 199. The molecule has 1 saturated carbocycles. The van der Waals surface area contributed by atoms with E-state index in [0.29, 0.717) is 12.6 Å². The molecule has 1 aliphatic carbocycles. The van der Waals surface area contributed by atoms with Crippen LogP contribution in [0.1, 0.15) is 32.6 Å². The van der Waals surface area contributed by atoms with E-state index in [2.05, 4.69) is 17.6 Å². The van der Waals surface area contributed by atoms with Crippen molar-refractivity contribution in [2.24, 2.45) is 5.92 Å². The summed E-state index contributed by atoms with van der Waals surface area (Å²) in [5.74, 6) is 0.737. The SMILES string of the molecule is COCCNC(=S)N[C@@H]1CCCC[C@@H]1C. The summed E-state index contributed by atoms with van der Waals surface area (Å²) in [6, 6.07) is 0.557. The van der Waals surface area contributed by atoms with Crippen molar-refractivity contribution in [1.29, 1.82) is 0 Å². The van der Waals surface area contributed by atoms with E-state index in [0.717, 1.165) is 17.6 Å². The number of nitrogens with one attached hydrogen (secondary N) is 2. The number of ether oxygens (including phenoxy) is 1. The summed E-state index contributed by atoms with van der Waals surface area (Å²) >= 11 is 5.22. The summed E-state index contributed by atoms with van der Waals surface area (Å²) < 4.78 is 4.95. The first kappa shape index (κ1) is 12.7. The molecule has 1 fully saturated rings. The third-order valence-electron chi connectivity index (χ3n) is 3.02. The smallest absolute Gasteiger partial charge is 0.166 e. The first-order valence-corrected chi connectivity index (χ1v) is 6.18. The number of thiocarbonyl (C=S) groups is 1. The molecule has 0 amide bonds. The number of methoxy groups -OCH3 is 1. The summed E-state index contributed by atoms with van der Waals surface area (Å²) in [5.41, 5.74) is 0. The molecule has 88 valence electrons. The molecule has 2 N–H and O–H groups in total. The molecular weight excluding hydrogens is 208 g/mol. The van der Waals surface area contributed by atoms with Gasteiger partial charge in [0, 0.05) is 19.7 Å². The summed E-state index contributed by atoms with van der Waals surface area (Å²) in [7, 11) is 1.70. The summed E-state index contributed by atoms with van der Waals surface area (Å²) in [6.45, 7) is 3.78. The van der Waals surface area contributed by atoms with E-state index in [9.17, 15) is 0 Å². The molecule has 0 aromatic carbocycles. The van der Waals surface area contributed by atoms with Gasteiger partial charge < -0.3 is 15.4 Å². The molecule has 0 unspecified atom stereocenters. The minimum atomic E-state index is 0.557. The largest absolute Gasteiger partial charge is 0.383 e. The second-order valence-electron chi connectivity index (χ2n) is 4.26. The normalized spacial score (nSPS) is 26.0. The fraction of sp³-hybridized carbons (Fsp3) is 0.909. The lowest BCUT2D eigenvalue weighted by molar-refractivity contribution is 0.203. The molecule has 0 aromatic heterocycles. The van der Waals surface area contributed by atoms with Gasteiger partial charge in [-0.2, -0.15) is 0 Å². The number of hydrogen-bond acceptors (Lipinski definition) is 2. The maximum absolute atomic E-state index is 5.22. The summed E-state index contributed by atoms with van der Waals surface area (Å²) in [6.07, 6.45) is 5.25. The van der Waals surface area contributed by atoms with Crippen molar-refractivity contribution in [2.75, 3.05) is 20.3 Å². The van der Waals surface area contributed by atoms with E-state index in [1.54, 1.807) is 7.11 Å². The van der Waals surface area contributed by atoms with Crippen molar-refractivity contribution in [3.63, 3.8) is 0 Å². The maximum Gasteiger partial charge on any atom is 0.166 e. The van der Waals surface area contributed by atoms with Crippen LogP contribution < -0.4 is 10.6 Å². The van der Waals surface area contributed by atoms with Crippen molar-refractivity contribution < 1.29 is 4.74 Å². The van der Waals surface area contributed by atoms with Crippen LogP contribution in [0.15, 0.2) is 0 Å². The molecule has 2 atom stereocenters. The predicted molar refractivity (Wildman–Crippen MR) is 67.0 cm³/mol. The Morgan fingerprint density at radius 3 is 2.80 bits per heavy atom. The molecule has 0 spiro atoms. The van der Waals surface area contributed by atoms with E-state index >= 15 is 0 Å². The zero-order valence-corrected chi connectivity index (χ0v) is 10.5. The van der Waals surface area contributed by atoms with E-state index in [-0.39, 0.29) is 0 Å². The van der Waals surface area contributed by atoms with Crippen LogP contribution in [0.3, 0.4) is 0 Å². The fourth-order valence-corrected chi connectivity index (χ4v) is 2.27. The van der Waals surface area contributed by atoms with Gasteiger partial charge >= 0.3 is 0 Å². The van der Waals surface area contributed by atoms with Crippen LogP contribution in [-0.2, 0) is 4.74 Å². The number of hydrogen-bond donors (Lipinski definition) is 2. The van der Waals surface area contributed by atoms with Crippen molar-refractivity contribution in [1.82, 2.24) is 10.6 Å². The average Bonchev–Trinajstić information content (AvgIpc) is 2.22. The highest BCUT2D eigenvalue weighted by molar-refractivity contribution is 7.80. The molecule has 4 heteroatoms. The molecule has 0 saturated heterocycles. The molecule has 0 aromatic rings. The van der Waals surface area contributed by atoms with Gasteiger partial charge in [-0.3, -0.25) is 0 Å². The van der Waals surface area contributed by atoms with Gasteiger partial charge in [-0.15, -0.1) is 0 Å². The average molecular weight is 230 g/mol. The third-order valence-corrected chi connectivity index (χ3v) is 3.28. The van der Waals surface area contributed by atoms with Gasteiger partial charge in [-0.05, 0) is 31.0 Å². The molecule has 1 rings (SSSR count). The monoisotopic (exact) mass is 230 g/mol. The minimum Gasteiger partial charge on any atom is -0.383 e. The van der Waals surface area contributed by atoms with Crippen LogP contribution in [0.4, 0.5) is 0 Å². The highest BCUT2D eigenvalue weighted by atomic mass is 32.1. The van der Waals surface area contributed by atoms with Crippen molar-refractivity contribution >= 4 is 17.3 Å². The first-order chi connectivity index (χ1) is 7.24. The van der Waals surface area contributed by atoms with E-state index in [4.69, 9.17) is 17.0 Å². The number of rotatable bonds is 4. The van der Waals surface area contributed by atoms with Crippen LogP contribution >= 0.6 is 12.2 Å². The maximum atomic E-state index is 5.22. The van der Waals surface area contributed by atoms with Gasteiger partial charge in [0.1, 0.15) is 0 Å². The molecule has 3 nitrogen and oxygen atoms in total. The summed E-state index contributed by atoms with van der Waals surface area (Å²) in [5, 5.41) is 7.31.